The highest BCUT2D eigenvalue weighted by atomic mass is 79.9. The van der Waals surface area contributed by atoms with Gasteiger partial charge >= 0.3 is 0 Å². The first kappa shape index (κ1) is 13.8. The largest absolute Gasteiger partial charge is 0.508 e. The zero-order valence-corrected chi connectivity index (χ0v) is 12.1. The smallest absolute Gasteiger partial charge is 0.115 e. The maximum atomic E-state index is 9.55. The predicted molar refractivity (Wildman–Crippen MR) is 75.6 cm³/mol. The third kappa shape index (κ3) is 3.46. The molecule has 2 N–H and O–H groups in total. The number of benzene rings is 1. The molecule has 1 aromatic rings. The Balaban J connectivity index is 2.01. The number of nitrogens with zero attached hydrogens (tertiary/aromatic N) is 1. The van der Waals surface area contributed by atoms with Crippen LogP contribution in [0.2, 0.25) is 0 Å². The Morgan fingerprint density at radius 2 is 2.22 bits per heavy atom. The van der Waals surface area contributed by atoms with Crippen molar-refractivity contribution in [1.82, 2.24) is 4.90 Å². The van der Waals surface area contributed by atoms with Crippen LogP contribution >= 0.6 is 15.9 Å². The topological polar surface area (TPSA) is 43.7 Å². The minimum atomic E-state index is 0.278. The fourth-order valence-corrected chi connectivity index (χ4v) is 3.03. The molecule has 1 saturated heterocycles. The van der Waals surface area contributed by atoms with Gasteiger partial charge in [0.1, 0.15) is 5.75 Å². The van der Waals surface area contributed by atoms with Gasteiger partial charge in [-0.25, -0.2) is 0 Å². The van der Waals surface area contributed by atoms with E-state index in [2.05, 4.69) is 20.8 Å². The summed E-state index contributed by atoms with van der Waals surface area (Å²) in [6, 6.07) is 5.99. The van der Waals surface area contributed by atoms with E-state index < -0.39 is 0 Å². The standard InChI is InChI=1S/C14H20BrNO2/c15-14-6-5-13(18)9-11(14)10-16-7-1-3-12(16)4-2-8-17/h5-6,9,12,17-18H,1-4,7-8,10H2. The summed E-state index contributed by atoms with van der Waals surface area (Å²) in [5, 5.41) is 18.5. The van der Waals surface area contributed by atoms with Crippen molar-refractivity contribution in [3.63, 3.8) is 0 Å². The molecule has 2 rings (SSSR count). The number of hydrogen-bond donors (Lipinski definition) is 2. The number of hydrogen-bond acceptors (Lipinski definition) is 3. The second-order valence-corrected chi connectivity index (χ2v) is 5.76. The third-order valence-electron chi connectivity index (χ3n) is 3.60. The van der Waals surface area contributed by atoms with Gasteiger partial charge in [-0.15, -0.1) is 0 Å². The van der Waals surface area contributed by atoms with Crippen molar-refractivity contribution in [3.05, 3.63) is 28.2 Å². The first-order valence-electron chi connectivity index (χ1n) is 6.53. The number of phenolic OH excluding ortho intramolecular Hbond substituents is 1. The molecule has 4 heteroatoms. The van der Waals surface area contributed by atoms with E-state index in [1.165, 1.54) is 12.8 Å². The molecule has 0 radical (unpaired) electrons. The van der Waals surface area contributed by atoms with Gasteiger partial charge in [-0.1, -0.05) is 15.9 Å². The van der Waals surface area contributed by atoms with Crippen molar-refractivity contribution in [1.29, 1.82) is 0 Å². The van der Waals surface area contributed by atoms with Crippen LogP contribution in [0.15, 0.2) is 22.7 Å². The van der Waals surface area contributed by atoms with Crippen LogP contribution in [-0.2, 0) is 6.54 Å². The van der Waals surface area contributed by atoms with Crippen LogP contribution in [0.25, 0.3) is 0 Å². The van der Waals surface area contributed by atoms with E-state index in [4.69, 9.17) is 5.11 Å². The Bertz CT molecular complexity index is 397. The number of aliphatic hydroxyl groups is 1. The van der Waals surface area contributed by atoms with E-state index >= 15 is 0 Å². The van der Waals surface area contributed by atoms with Gasteiger partial charge in [0.05, 0.1) is 0 Å². The minimum absolute atomic E-state index is 0.278. The van der Waals surface area contributed by atoms with E-state index in [0.29, 0.717) is 11.8 Å². The monoisotopic (exact) mass is 313 g/mol. The molecule has 0 aromatic heterocycles. The van der Waals surface area contributed by atoms with Gasteiger partial charge in [-0.3, -0.25) is 4.90 Å². The van der Waals surface area contributed by atoms with Crippen LogP contribution in [0.1, 0.15) is 31.2 Å². The van der Waals surface area contributed by atoms with E-state index in [1.807, 2.05) is 12.1 Å². The van der Waals surface area contributed by atoms with Crippen LogP contribution in [0.5, 0.6) is 5.75 Å². The van der Waals surface area contributed by atoms with Crippen LogP contribution in [0.4, 0.5) is 0 Å². The lowest BCUT2D eigenvalue weighted by atomic mass is 10.1. The normalized spacial score (nSPS) is 20.4. The summed E-state index contributed by atoms with van der Waals surface area (Å²) in [4.78, 5) is 2.45. The maximum absolute atomic E-state index is 9.55. The van der Waals surface area contributed by atoms with Crippen molar-refractivity contribution >= 4 is 15.9 Å². The molecule has 1 heterocycles. The molecule has 0 aliphatic carbocycles. The van der Waals surface area contributed by atoms with E-state index in [9.17, 15) is 5.11 Å². The molecule has 0 spiro atoms. The second-order valence-electron chi connectivity index (χ2n) is 4.91. The zero-order valence-electron chi connectivity index (χ0n) is 10.5. The van der Waals surface area contributed by atoms with Gasteiger partial charge in [0.2, 0.25) is 0 Å². The fourth-order valence-electron chi connectivity index (χ4n) is 2.66. The quantitative estimate of drug-likeness (QED) is 0.878. The number of halogens is 1. The molecule has 100 valence electrons. The molecular formula is C14H20BrNO2. The molecule has 0 saturated carbocycles. The Morgan fingerprint density at radius 1 is 1.39 bits per heavy atom. The molecule has 3 nitrogen and oxygen atoms in total. The molecular weight excluding hydrogens is 294 g/mol. The van der Waals surface area contributed by atoms with Crippen molar-refractivity contribution in [2.75, 3.05) is 13.2 Å². The van der Waals surface area contributed by atoms with Crippen LogP contribution in [0, 0.1) is 0 Å². The lowest BCUT2D eigenvalue weighted by Crippen LogP contribution is -2.29. The van der Waals surface area contributed by atoms with Gasteiger partial charge in [0, 0.05) is 23.7 Å². The molecule has 1 unspecified atom stereocenters. The summed E-state index contributed by atoms with van der Waals surface area (Å²) >= 11 is 3.53. The molecule has 0 amide bonds. The summed E-state index contributed by atoms with van der Waals surface area (Å²) in [5.41, 5.74) is 1.13. The highest BCUT2D eigenvalue weighted by Gasteiger charge is 2.24. The van der Waals surface area contributed by atoms with Crippen LogP contribution in [0.3, 0.4) is 0 Å². The van der Waals surface area contributed by atoms with Crippen LogP contribution < -0.4 is 0 Å². The Morgan fingerprint density at radius 3 is 3.00 bits per heavy atom. The number of aromatic hydroxyl groups is 1. The summed E-state index contributed by atoms with van der Waals surface area (Å²) in [6.45, 7) is 2.25. The Labute approximate surface area is 117 Å². The van der Waals surface area contributed by atoms with Crippen LogP contribution in [-0.4, -0.2) is 34.3 Å². The third-order valence-corrected chi connectivity index (χ3v) is 4.37. The average molecular weight is 314 g/mol. The van der Waals surface area contributed by atoms with Crippen molar-refractivity contribution < 1.29 is 10.2 Å². The van der Waals surface area contributed by atoms with Crippen molar-refractivity contribution in [3.8, 4) is 5.75 Å². The summed E-state index contributed by atoms with van der Waals surface area (Å²) in [7, 11) is 0. The van der Waals surface area contributed by atoms with Gasteiger partial charge < -0.3 is 10.2 Å². The average Bonchev–Trinajstić information content (AvgIpc) is 2.79. The molecule has 0 bridgehead atoms. The number of aliphatic hydroxyl groups excluding tert-OH is 1. The lowest BCUT2D eigenvalue weighted by molar-refractivity contribution is 0.210. The lowest BCUT2D eigenvalue weighted by Gasteiger charge is -2.24. The Kier molecular flexibility index (Phi) is 5.03. The molecule has 1 fully saturated rings. The molecule has 1 aliphatic rings. The first-order chi connectivity index (χ1) is 8.70. The van der Waals surface area contributed by atoms with E-state index in [-0.39, 0.29) is 6.61 Å². The molecule has 1 aliphatic heterocycles. The first-order valence-corrected chi connectivity index (χ1v) is 7.32. The minimum Gasteiger partial charge on any atom is -0.508 e. The van der Waals surface area contributed by atoms with Gasteiger partial charge in [-0.05, 0) is 56.0 Å². The molecule has 18 heavy (non-hydrogen) atoms. The summed E-state index contributed by atoms with van der Waals surface area (Å²) in [6.07, 6.45) is 4.39. The van der Waals surface area contributed by atoms with Gasteiger partial charge in [0.25, 0.3) is 0 Å². The fraction of sp³-hybridized carbons (Fsp3) is 0.571. The number of rotatable bonds is 5. The van der Waals surface area contributed by atoms with E-state index in [1.54, 1.807) is 6.07 Å². The van der Waals surface area contributed by atoms with E-state index in [0.717, 1.165) is 36.0 Å². The summed E-state index contributed by atoms with van der Waals surface area (Å²) in [5.74, 6) is 0.319. The number of likely N-dealkylation sites (tertiary alicyclic amines) is 1. The Hall–Kier alpha value is -0.580. The zero-order chi connectivity index (χ0) is 13.0. The number of phenols is 1. The molecule has 1 atom stereocenters. The maximum Gasteiger partial charge on any atom is 0.115 e. The summed E-state index contributed by atoms with van der Waals surface area (Å²) < 4.78 is 1.05. The van der Waals surface area contributed by atoms with Gasteiger partial charge in [-0.2, -0.15) is 0 Å². The molecule has 1 aromatic carbocycles. The second kappa shape index (κ2) is 6.55. The van der Waals surface area contributed by atoms with Crippen molar-refractivity contribution in [2.24, 2.45) is 0 Å². The highest BCUT2D eigenvalue weighted by molar-refractivity contribution is 9.10. The van der Waals surface area contributed by atoms with Gasteiger partial charge in [0.15, 0.2) is 0 Å². The SMILES string of the molecule is OCCCC1CCCN1Cc1cc(O)ccc1Br. The highest BCUT2D eigenvalue weighted by Crippen LogP contribution is 2.28. The van der Waals surface area contributed by atoms with Crippen molar-refractivity contribution in [2.45, 2.75) is 38.3 Å². The predicted octanol–water partition coefficient (Wildman–Crippen LogP) is 2.89.